The summed E-state index contributed by atoms with van der Waals surface area (Å²) >= 11 is 0. The molecule has 1 N–H and O–H groups in total. The van der Waals surface area contributed by atoms with Crippen LogP contribution in [0.5, 0.6) is 0 Å². The SMILES string of the molecule is O=C([C@@H]1CC=CCC1)N1CCC[C@H]1c1nc2c(c(=O)[nH]1)CN(Cc1cccnc1)CC2. The van der Waals surface area contributed by atoms with E-state index in [1.54, 1.807) is 6.20 Å². The molecule has 4 heterocycles. The van der Waals surface area contributed by atoms with Gasteiger partial charge in [0.15, 0.2) is 0 Å². The first-order valence-corrected chi connectivity index (χ1v) is 11.4. The normalized spacial score (nSPS) is 23.7. The number of carbonyl (C=O) groups excluding carboxylic acids is 1. The van der Waals surface area contributed by atoms with Crippen LogP contribution in [0.4, 0.5) is 0 Å². The number of nitrogens with zero attached hydrogens (tertiary/aromatic N) is 4. The van der Waals surface area contributed by atoms with E-state index in [9.17, 15) is 9.59 Å². The second kappa shape index (κ2) is 8.75. The molecule has 2 aliphatic heterocycles. The molecule has 3 aliphatic rings. The fraction of sp³-hybridized carbons (Fsp3) is 0.500. The number of nitrogens with one attached hydrogen (secondary N) is 1. The summed E-state index contributed by atoms with van der Waals surface area (Å²) in [5.74, 6) is 0.951. The zero-order valence-electron chi connectivity index (χ0n) is 17.8. The summed E-state index contributed by atoms with van der Waals surface area (Å²) in [6.07, 6.45) is 13.2. The number of fused-ring (bicyclic) bond motifs is 1. The molecule has 1 aliphatic carbocycles. The zero-order valence-corrected chi connectivity index (χ0v) is 17.8. The molecule has 162 valence electrons. The highest BCUT2D eigenvalue weighted by molar-refractivity contribution is 5.80. The van der Waals surface area contributed by atoms with Gasteiger partial charge in [-0.2, -0.15) is 0 Å². The largest absolute Gasteiger partial charge is 0.332 e. The quantitative estimate of drug-likeness (QED) is 0.771. The maximum atomic E-state index is 13.1. The van der Waals surface area contributed by atoms with Crippen molar-refractivity contribution >= 4 is 5.91 Å². The topological polar surface area (TPSA) is 82.2 Å². The third-order valence-corrected chi connectivity index (χ3v) is 6.76. The molecule has 2 aromatic rings. The smallest absolute Gasteiger partial charge is 0.255 e. The molecule has 0 aromatic carbocycles. The Hall–Kier alpha value is -2.80. The van der Waals surface area contributed by atoms with Gasteiger partial charge in [-0.05, 0) is 43.7 Å². The molecule has 7 heteroatoms. The first-order valence-electron chi connectivity index (χ1n) is 11.4. The third kappa shape index (κ3) is 4.19. The zero-order chi connectivity index (χ0) is 21.2. The van der Waals surface area contributed by atoms with Crippen LogP contribution in [0.3, 0.4) is 0 Å². The van der Waals surface area contributed by atoms with Gasteiger partial charge in [-0.3, -0.25) is 19.5 Å². The predicted molar refractivity (Wildman–Crippen MR) is 117 cm³/mol. The van der Waals surface area contributed by atoms with Gasteiger partial charge in [0.1, 0.15) is 5.82 Å². The standard InChI is InChI=1S/C24H29N5O2/c30-23-19-16-28(15-17-6-4-11-25-14-17)13-10-20(19)26-22(27-23)21-9-5-12-29(21)24(31)18-7-2-1-3-8-18/h1-2,4,6,11,14,18,21H,3,5,7-10,12-13,15-16H2,(H,26,27,30)/t18-,21+/m1/s1. The third-order valence-electron chi connectivity index (χ3n) is 6.76. The van der Waals surface area contributed by atoms with Crippen LogP contribution in [-0.4, -0.2) is 43.7 Å². The Morgan fingerprint density at radius 2 is 2.16 bits per heavy atom. The summed E-state index contributed by atoms with van der Waals surface area (Å²) in [7, 11) is 0. The maximum Gasteiger partial charge on any atom is 0.255 e. The van der Waals surface area contributed by atoms with Gasteiger partial charge >= 0.3 is 0 Å². The molecule has 0 saturated carbocycles. The Labute approximate surface area is 182 Å². The number of H-pyrrole nitrogens is 1. The van der Waals surface area contributed by atoms with Crippen LogP contribution < -0.4 is 5.56 Å². The van der Waals surface area contributed by atoms with Gasteiger partial charge in [0.2, 0.25) is 5.91 Å². The van der Waals surface area contributed by atoms with E-state index in [0.717, 1.165) is 75.0 Å². The monoisotopic (exact) mass is 419 g/mol. The van der Waals surface area contributed by atoms with E-state index in [1.807, 2.05) is 17.2 Å². The summed E-state index contributed by atoms with van der Waals surface area (Å²) in [5.41, 5.74) is 2.73. The van der Waals surface area contributed by atoms with Crippen LogP contribution in [0.25, 0.3) is 0 Å². The summed E-state index contributed by atoms with van der Waals surface area (Å²) < 4.78 is 0. The fourth-order valence-electron chi connectivity index (χ4n) is 5.11. The van der Waals surface area contributed by atoms with Gasteiger partial charge in [0.05, 0.1) is 17.3 Å². The Balaban J connectivity index is 1.33. The average Bonchev–Trinajstić information content (AvgIpc) is 3.30. The molecule has 5 rings (SSSR count). The van der Waals surface area contributed by atoms with Gasteiger partial charge in [-0.15, -0.1) is 0 Å². The number of pyridine rings is 1. The molecule has 1 amide bonds. The molecule has 0 radical (unpaired) electrons. The molecule has 7 nitrogen and oxygen atoms in total. The molecule has 2 atom stereocenters. The van der Waals surface area contributed by atoms with E-state index in [2.05, 4.69) is 33.1 Å². The van der Waals surface area contributed by atoms with E-state index in [4.69, 9.17) is 4.98 Å². The van der Waals surface area contributed by atoms with Crippen LogP contribution in [0.2, 0.25) is 0 Å². The molecule has 31 heavy (non-hydrogen) atoms. The number of amides is 1. The highest BCUT2D eigenvalue weighted by atomic mass is 16.2. The minimum Gasteiger partial charge on any atom is -0.332 e. The van der Waals surface area contributed by atoms with Crippen molar-refractivity contribution < 1.29 is 4.79 Å². The van der Waals surface area contributed by atoms with Crippen LogP contribution in [0, 0.1) is 5.92 Å². The number of hydrogen-bond acceptors (Lipinski definition) is 5. The minimum atomic E-state index is -0.107. The molecule has 0 unspecified atom stereocenters. The molecule has 1 saturated heterocycles. The van der Waals surface area contributed by atoms with Crippen molar-refractivity contribution in [2.24, 2.45) is 5.92 Å². The number of rotatable bonds is 4. The Morgan fingerprint density at radius 1 is 1.23 bits per heavy atom. The van der Waals surface area contributed by atoms with Gasteiger partial charge in [-0.1, -0.05) is 18.2 Å². The number of likely N-dealkylation sites (tertiary alicyclic amines) is 1. The van der Waals surface area contributed by atoms with Crippen molar-refractivity contribution in [3.8, 4) is 0 Å². The predicted octanol–water partition coefficient (Wildman–Crippen LogP) is 2.74. The van der Waals surface area contributed by atoms with Crippen LogP contribution in [0.1, 0.15) is 60.8 Å². The van der Waals surface area contributed by atoms with Crippen molar-refractivity contribution in [2.75, 3.05) is 13.1 Å². The number of carbonyl (C=O) groups is 1. The van der Waals surface area contributed by atoms with Crippen molar-refractivity contribution in [1.82, 2.24) is 24.8 Å². The molecule has 2 aromatic heterocycles. The lowest BCUT2D eigenvalue weighted by Gasteiger charge is -2.31. The highest BCUT2D eigenvalue weighted by Gasteiger charge is 2.36. The van der Waals surface area contributed by atoms with Gasteiger partial charge in [0.25, 0.3) is 5.56 Å². The number of hydrogen-bond donors (Lipinski definition) is 1. The Kier molecular flexibility index (Phi) is 5.68. The summed E-state index contributed by atoms with van der Waals surface area (Å²) in [5, 5.41) is 0. The van der Waals surface area contributed by atoms with Gasteiger partial charge in [-0.25, -0.2) is 4.98 Å². The first-order chi connectivity index (χ1) is 15.2. The highest BCUT2D eigenvalue weighted by Crippen LogP contribution is 2.33. The van der Waals surface area contributed by atoms with Crippen molar-refractivity contribution in [3.05, 3.63) is 69.7 Å². The van der Waals surface area contributed by atoms with Gasteiger partial charge < -0.3 is 9.88 Å². The van der Waals surface area contributed by atoms with E-state index < -0.39 is 0 Å². The first kappa shape index (κ1) is 20.1. The summed E-state index contributed by atoms with van der Waals surface area (Å²) in [4.78, 5) is 42.4. The lowest BCUT2D eigenvalue weighted by atomic mass is 9.93. The lowest BCUT2D eigenvalue weighted by Crippen LogP contribution is -2.39. The maximum absolute atomic E-state index is 13.1. The summed E-state index contributed by atoms with van der Waals surface area (Å²) in [6, 6.07) is 3.89. The van der Waals surface area contributed by atoms with Gasteiger partial charge in [0, 0.05) is 50.9 Å². The second-order valence-corrected chi connectivity index (χ2v) is 8.87. The average molecular weight is 420 g/mol. The summed E-state index contributed by atoms with van der Waals surface area (Å²) in [6.45, 7) is 2.98. The lowest BCUT2D eigenvalue weighted by molar-refractivity contribution is -0.136. The number of aromatic amines is 1. The molecular formula is C24H29N5O2. The number of aromatic nitrogens is 3. The molecule has 0 spiro atoms. The van der Waals surface area contributed by atoms with E-state index in [0.29, 0.717) is 12.4 Å². The molecule has 1 fully saturated rings. The van der Waals surface area contributed by atoms with E-state index >= 15 is 0 Å². The second-order valence-electron chi connectivity index (χ2n) is 8.87. The Bertz CT molecular complexity index is 1030. The molecule has 0 bridgehead atoms. The van der Waals surface area contributed by atoms with Crippen molar-refractivity contribution in [2.45, 2.75) is 57.7 Å². The van der Waals surface area contributed by atoms with E-state index in [1.165, 1.54) is 0 Å². The van der Waals surface area contributed by atoms with Crippen LogP contribution >= 0.6 is 0 Å². The van der Waals surface area contributed by atoms with Crippen molar-refractivity contribution in [1.29, 1.82) is 0 Å². The van der Waals surface area contributed by atoms with Crippen LogP contribution in [-0.2, 0) is 24.3 Å². The van der Waals surface area contributed by atoms with Crippen LogP contribution in [0.15, 0.2) is 41.5 Å². The molecular weight excluding hydrogens is 390 g/mol. The fourth-order valence-corrected chi connectivity index (χ4v) is 5.11. The number of allylic oxidation sites excluding steroid dienone is 2. The minimum absolute atomic E-state index is 0.0595. The Morgan fingerprint density at radius 3 is 2.97 bits per heavy atom. The van der Waals surface area contributed by atoms with Crippen molar-refractivity contribution in [3.63, 3.8) is 0 Å². The van der Waals surface area contributed by atoms with E-state index in [-0.39, 0.29) is 23.4 Å².